The lowest BCUT2D eigenvalue weighted by Gasteiger charge is -2.27. The maximum atomic E-state index is 13.2. The highest BCUT2D eigenvalue weighted by atomic mass is 79.9. The molecule has 0 bridgehead atoms. The number of halogens is 2. The molecule has 0 spiro atoms. The SMILES string of the molecule is Cc1cccc(COc2c(Br)cc(/C=N/NC(=O)C(O)(c3ccccc3)c3ccccc3)cc2Br)c1. The van der Waals surface area contributed by atoms with Crippen LogP contribution in [0, 0.1) is 6.92 Å². The van der Waals surface area contributed by atoms with Crippen LogP contribution >= 0.6 is 31.9 Å². The third-order valence-electron chi connectivity index (χ3n) is 5.58. The third-order valence-corrected chi connectivity index (χ3v) is 6.76. The molecule has 0 fully saturated rings. The van der Waals surface area contributed by atoms with E-state index < -0.39 is 11.5 Å². The molecule has 182 valence electrons. The molecule has 0 saturated carbocycles. The molecule has 1 amide bonds. The highest BCUT2D eigenvalue weighted by molar-refractivity contribution is 9.11. The van der Waals surface area contributed by atoms with E-state index in [0.717, 1.165) is 20.1 Å². The Labute approximate surface area is 227 Å². The van der Waals surface area contributed by atoms with E-state index in [2.05, 4.69) is 48.5 Å². The third kappa shape index (κ3) is 5.93. The summed E-state index contributed by atoms with van der Waals surface area (Å²) in [7, 11) is 0. The van der Waals surface area contributed by atoms with Crippen LogP contribution in [0.25, 0.3) is 0 Å². The van der Waals surface area contributed by atoms with Crippen molar-refractivity contribution in [1.82, 2.24) is 5.43 Å². The van der Waals surface area contributed by atoms with E-state index in [4.69, 9.17) is 4.74 Å². The largest absolute Gasteiger partial charge is 0.487 e. The van der Waals surface area contributed by atoms with Crippen molar-refractivity contribution >= 4 is 44.0 Å². The number of aryl methyl sites for hydroxylation is 1. The van der Waals surface area contributed by atoms with Crippen LogP contribution in [0.4, 0.5) is 0 Å². The van der Waals surface area contributed by atoms with Gasteiger partial charge < -0.3 is 9.84 Å². The second-order valence-electron chi connectivity index (χ2n) is 8.23. The lowest BCUT2D eigenvalue weighted by molar-refractivity contribution is -0.136. The van der Waals surface area contributed by atoms with Gasteiger partial charge in [0.1, 0.15) is 12.4 Å². The zero-order valence-electron chi connectivity index (χ0n) is 19.5. The molecule has 0 aliphatic carbocycles. The predicted octanol–water partition coefficient (Wildman–Crippen LogP) is 6.49. The monoisotopic (exact) mass is 606 g/mol. The fourth-order valence-electron chi connectivity index (χ4n) is 3.78. The second-order valence-corrected chi connectivity index (χ2v) is 9.94. The Kier molecular flexibility index (Phi) is 8.36. The number of hydrogen-bond acceptors (Lipinski definition) is 4. The average molecular weight is 608 g/mol. The number of carbonyl (C=O) groups excluding carboxylic acids is 1. The van der Waals surface area contributed by atoms with Crippen molar-refractivity contribution in [3.05, 3.63) is 134 Å². The Morgan fingerprint density at radius 1 is 0.917 bits per heavy atom. The molecule has 7 heteroatoms. The Hall–Kier alpha value is -3.26. The average Bonchev–Trinajstić information content (AvgIpc) is 2.88. The van der Waals surface area contributed by atoms with Crippen molar-refractivity contribution in [1.29, 1.82) is 0 Å². The van der Waals surface area contributed by atoms with Gasteiger partial charge in [0.2, 0.25) is 0 Å². The topological polar surface area (TPSA) is 70.9 Å². The molecule has 0 radical (unpaired) electrons. The Bertz CT molecular complexity index is 1310. The standard InChI is InChI=1S/C29H24Br2N2O3/c1-20-9-8-10-21(15-20)19-36-27-25(30)16-22(17-26(27)31)18-32-33-28(34)29(35,23-11-4-2-5-12-23)24-13-6-3-7-14-24/h2-18,35H,19H2,1H3,(H,33,34)/b32-18+. The first-order valence-corrected chi connectivity index (χ1v) is 12.8. The van der Waals surface area contributed by atoms with Gasteiger partial charge in [0.25, 0.3) is 5.91 Å². The summed E-state index contributed by atoms with van der Waals surface area (Å²) in [5, 5.41) is 15.6. The van der Waals surface area contributed by atoms with E-state index in [0.29, 0.717) is 23.5 Å². The highest BCUT2D eigenvalue weighted by Gasteiger charge is 2.39. The molecule has 0 atom stereocenters. The molecule has 0 heterocycles. The molecule has 0 aliphatic rings. The minimum absolute atomic E-state index is 0.430. The fourth-order valence-corrected chi connectivity index (χ4v) is 5.23. The Balaban J connectivity index is 1.49. The van der Waals surface area contributed by atoms with Crippen LogP contribution in [0.5, 0.6) is 5.75 Å². The fraction of sp³-hybridized carbons (Fsp3) is 0.103. The zero-order valence-corrected chi connectivity index (χ0v) is 22.7. The lowest BCUT2D eigenvalue weighted by atomic mass is 9.85. The summed E-state index contributed by atoms with van der Waals surface area (Å²) >= 11 is 7.11. The van der Waals surface area contributed by atoms with Crippen LogP contribution in [0.3, 0.4) is 0 Å². The van der Waals surface area contributed by atoms with Crippen LogP contribution in [0.1, 0.15) is 27.8 Å². The van der Waals surface area contributed by atoms with Gasteiger partial charge in [-0.3, -0.25) is 4.79 Å². The van der Waals surface area contributed by atoms with Gasteiger partial charge in [-0.1, -0.05) is 90.5 Å². The molecule has 0 aromatic heterocycles. The number of aliphatic hydroxyl groups is 1. The van der Waals surface area contributed by atoms with E-state index in [1.54, 1.807) is 48.5 Å². The van der Waals surface area contributed by atoms with Gasteiger partial charge in [-0.15, -0.1) is 0 Å². The van der Waals surface area contributed by atoms with E-state index >= 15 is 0 Å². The molecule has 4 aromatic rings. The van der Waals surface area contributed by atoms with E-state index in [1.165, 1.54) is 11.8 Å². The first-order chi connectivity index (χ1) is 17.4. The molecule has 5 nitrogen and oxygen atoms in total. The smallest absolute Gasteiger partial charge is 0.281 e. The summed E-state index contributed by atoms with van der Waals surface area (Å²) < 4.78 is 7.48. The molecular weight excluding hydrogens is 584 g/mol. The Morgan fingerprint density at radius 2 is 1.50 bits per heavy atom. The van der Waals surface area contributed by atoms with Gasteiger partial charge in [-0.05, 0) is 73.2 Å². The van der Waals surface area contributed by atoms with E-state index in [-0.39, 0.29) is 0 Å². The highest BCUT2D eigenvalue weighted by Crippen LogP contribution is 2.35. The minimum atomic E-state index is -1.89. The number of benzene rings is 4. The number of hydrogen-bond donors (Lipinski definition) is 2. The van der Waals surface area contributed by atoms with Gasteiger partial charge in [-0.2, -0.15) is 5.10 Å². The van der Waals surface area contributed by atoms with Crippen molar-refractivity contribution in [3.8, 4) is 5.75 Å². The van der Waals surface area contributed by atoms with Crippen molar-refractivity contribution in [2.75, 3.05) is 0 Å². The lowest BCUT2D eigenvalue weighted by Crippen LogP contribution is -2.43. The van der Waals surface area contributed by atoms with Crippen molar-refractivity contribution in [2.24, 2.45) is 5.10 Å². The van der Waals surface area contributed by atoms with Crippen LogP contribution in [0.15, 0.2) is 111 Å². The van der Waals surface area contributed by atoms with Crippen molar-refractivity contribution in [3.63, 3.8) is 0 Å². The first-order valence-electron chi connectivity index (χ1n) is 11.2. The zero-order chi connectivity index (χ0) is 25.5. The summed E-state index contributed by atoms with van der Waals surface area (Å²) in [5.74, 6) is 0.00705. The first kappa shape index (κ1) is 25.8. The molecule has 4 rings (SSSR count). The Morgan fingerprint density at radius 3 is 2.06 bits per heavy atom. The number of hydrazone groups is 1. The quantitative estimate of drug-likeness (QED) is 0.178. The summed E-state index contributed by atoms with van der Waals surface area (Å²) in [5.41, 5.74) is 4.47. The summed E-state index contributed by atoms with van der Waals surface area (Å²) in [6.45, 7) is 2.47. The molecule has 4 aromatic carbocycles. The molecule has 0 aliphatic heterocycles. The normalized spacial score (nSPS) is 11.4. The van der Waals surface area contributed by atoms with Crippen molar-refractivity contribution in [2.45, 2.75) is 19.1 Å². The summed E-state index contributed by atoms with van der Waals surface area (Å²) in [6.07, 6.45) is 1.51. The number of carbonyl (C=O) groups is 1. The molecule has 36 heavy (non-hydrogen) atoms. The van der Waals surface area contributed by atoms with Gasteiger partial charge in [-0.25, -0.2) is 5.43 Å². The van der Waals surface area contributed by atoms with Crippen LogP contribution in [0.2, 0.25) is 0 Å². The summed E-state index contributed by atoms with van der Waals surface area (Å²) in [6, 6.07) is 29.4. The van der Waals surface area contributed by atoms with Crippen LogP contribution in [-0.4, -0.2) is 17.2 Å². The number of nitrogens with zero attached hydrogens (tertiary/aromatic N) is 1. The summed E-state index contributed by atoms with van der Waals surface area (Å²) in [4.78, 5) is 13.2. The van der Waals surface area contributed by atoms with E-state index in [1.807, 2.05) is 49.4 Å². The van der Waals surface area contributed by atoms with Gasteiger partial charge in [0.05, 0.1) is 15.2 Å². The van der Waals surface area contributed by atoms with Gasteiger partial charge in [0.15, 0.2) is 5.60 Å². The van der Waals surface area contributed by atoms with Crippen LogP contribution < -0.4 is 10.2 Å². The molecule has 0 saturated heterocycles. The number of amides is 1. The van der Waals surface area contributed by atoms with Gasteiger partial charge in [0, 0.05) is 0 Å². The minimum Gasteiger partial charge on any atom is -0.487 e. The maximum Gasteiger partial charge on any atom is 0.281 e. The van der Waals surface area contributed by atoms with Crippen LogP contribution in [-0.2, 0) is 17.0 Å². The van der Waals surface area contributed by atoms with E-state index in [9.17, 15) is 9.90 Å². The molecular formula is C29H24Br2N2O3. The predicted molar refractivity (Wildman–Crippen MR) is 149 cm³/mol. The number of ether oxygens (including phenoxy) is 1. The second kappa shape index (κ2) is 11.6. The molecule has 0 unspecified atom stereocenters. The van der Waals surface area contributed by atoms with Gasteiger partial charge >= 0.3 is 0 Å². The molecule has 2 N–H and O–H groups in total. The number of nitrogens with one attached hydrogen (secondary N) is 1. The maximum absolute atomic E-state index is 13.2. The van der Waals surface area contributed by atoms with Crippen molar-refractivity contribution < 1.29 is 14.6 Å². The number of rotatable bonds is 8.